The lowest BCUT2D eigenvalue weighted by atomic mass is 9.85. The molecule has 0 N–H and O–H groups in total. The lowest BCUT2D eigenvalue weighted by molar-refractivity contribution is -0.135. The van der Waals surface area contributed by atoms with Crippen molar-refractivity contribution in [3.05, 3.63) is 65.2 Å². The van der Waals surface area contributed by atoms with Gasteiger partial charge >= 0.3 is 11.9 Å². The van der Waals surface area contributed by atoms with Gasteiger partial charge in [-0.25, -0.2) is 4.79 Å². The van der Waals surface area contributed by atoms with Crippen LogP contribution in [0.15, 0.2) is 48.5 Å². The summed E-state index contributed by atoms with van der Waals surface area (Å²) in [4.78, 5) is 24.0. The predicted octanol–water partition coefficient (Wildman–Crippen LogP) is 3.69. The molecule has 1 atom stereocenters. The Balaban J connectivity index is 2.01. The van der Waals surface area contributed by atoms with Crippen molar-refractivity contribution >= 4 is 11.9 Å². The number of ether oxygens (including phenoxy) is 2. The average molecular weight is 310 g/mol. The van der Waals surface area contributed by atoms with Crippen molar-refractivity contribution < 1.29 is 19.1 Å². The Morgan fingerprint density at radius 2 is 1.91 bits per heavy atom. The molecule has 0 radical (unpaired) electrons. The van der Waals surface area contributed by atoms with E-state index < -0.39 is 0 Å². The zero-order valence-corrected chi connectivity index (χ0v) is 13.1. The maximum atomic E-state index is 12.1. The molecule has 0 bridgehead atoms. The predicted molar refractivity (Wildman–Crippen MR) is 85.5 cm³/mol. The number of fused-ring (bicyclic) bond motifs is 1. The summed E-state index contributed by atoms with van der Waals surface area (Å²) in [5, 5.41) is 0. The maximum Gasteiger partial charge on any atom is 0.338 e. The minimum absolute atomic E-state index is 0.112. The molecule has 2 aromatic rings. The smallest absolute Gasteiger partial charge is 0.338 e. The molecule has 1 aliphatic rings. The molecule has 23 heavy (non-hydrogen) atoms. The van der Waals surface area contributed by atoms with Crippen LogP contribution in [0.3, 0.4) is 0 Å². The molecule has 118 valence electrons. The van der Waals surface area contributed by atoms with Crippen LogP contribution < -0.4 is 4.74 Å². The quantitative estimate of drug-likeness (QED) is 0.641. The number of hydrogen-bond donors (Lipinski definition) is 0. The van der Waals surface area contributed by atoms with Gasteiger partial charge in [0.05, 0.1) is 18.1 Å². The van der Waals surface area contributed by atoms with Gasteiger partial charge in [-0.05, 0) is 37.6 Å². The lowest BCUT2D eigenvalue weighted by Crippen LogP contribution is -2.22. The number of carbonyl (C=O) groups excluding carboxylic acids is 2. The van der Waals surface area contributed by atoms with Gasteiger partial charge in [-0.15, -0.1) is 0 Å². The summed E-state index contributed by atoms with van der Waals surface area (Å²) < 4.78 is 10.6. The van der Waals surface area contributed by atoms with Gasteiger partial charge in [-0.3, -0.25) is 4.79 Å². The summed E-state index contributed by atoms with van der Waals surface area (Å²) in [5.41, 5.74) is 2.34. The Labute approximate surface area is 135 Å². The van der Waals surface area contributed by atoms with Crippen molar-refractivity contribution in [2.75, 3.05) is 0 Å². The molecule has 0 spiro atoms. The van der Waals surface area contributed by atoms with Gasteiger partial charge in [0.15, 0.2) is 0 Å². The van der Waals surface area contributed by atoms with Crippen LogP contribution in [0.25, 0.3) is 0 Å². The second kappa shape index (κ2) is 6.24. The summed E-state index contributed by atoms with van der Waals surface area (Å²) >= 11 is 0. The third kappa shape index (κ3) is 3.26. The van der Waals surface area contributed by atoms with E-state index >= 15 is 0 Å². The fraction of sp³-hybridized carbons (Fsp3) is 0.263. The summed E-state index contributed by atoms with van der Waals surface area (Å²) in [6.07, 6.45) is 0.0842. The van der Waals surface area contributed by atoms with E-state index in [4.69, 9.17) is 9.47 Å². The Morgan fingerprint density at radius 1 is 1.17 bits per heavy atom. The highest BCUT2D eigenvalue weighted by atomic mass is 16.5. The lowest BCUT2D eigenvalue weighted by Gasteiger charge is -2.25. The highest BCUT2D eigenvalue weighted by Crippen LogP contribution is 2.39. The molecule has 0 unspecified atom stereocenters. The topological polar surface area (TPSA) is 52.6 Å². The molecule has 0 saturated carbocycles. The van der Waals surface area contributed by atoms with E-state index in [1.54, 1.807) is 18.2 Å². The first-order chi connectivity index (χ1) is 11.0. The molecule has 4 heteroatoms. The number of carbonyl (C=O) groups is 2. The molecule has 1 heterocycles. The van der Waals surface area contributed by atoms with Crippen molar-refractivity contribution in [3.8, 4) is 5.75 Å². The molecule has 1 aliphatic heterocycles. The number of hydrogen-bond acceptors (Lipinski definition) is 4. The molecule has 0 fully saturated rings. The highest BCUT2D eigenvalue weighted by molar-refractivity contribution is 5.90. The molecule has 3 rings (SSSR count). The van der Waals surface area contributed by atoms with Gasteiger partial charge in [0.25, 0.3) is 0 Å². The maximum absolute atomic E-state index is 12.1. The van der Waals surface area contributed by atoms with Crippen molar-refractivity contribution in [2.24, 2.45) is 0 Å². The molecular formula is C19H18O4. The van der Waals surface area contributed by atoms with E-state index in [0.29, 0.717) is 11.3 Å². The molecule has 0 saturated heterocycles. The second-order valence-electron chi connectivity index (χ2n) is 5.85. The first kappa shape index (κ1) is 15.3. The highest BCUT2D eigenvalue weighted by Gasteiger charge is 2.29. The second-order valence-corrected chi connectivity index (χ2v) is 5.85. The van der Waals surface area contributed by atoms with Crippen LogP contribution in [0.2, 0.25) is 0 Å². The van der Waals surface area contributed by atoms with Crippen LogP contribution >= 0.6 is 0 Å². The van der Waals surface area contributed by atoms with Gasteiger partial charge < -0.3 is 9.47 Å². The fourth-order valence-corrected chi connectivity index (χ4v) is 2.75. The van der Waals surface area contributed by atoms with Crippen LogP contribution in [0.1, 0.15) is 47.7 Å². The third-order valence-corrected chi connectivity index (χ3v) is 3.76. The minimum atomic E-state index is -0.369. The van der Waals surface area contributed by atoms with Gasteiger partial charge in [0, 0.05) is 11.5 Å². The number of esters is 2. The van der Waals surface area contributed by atoms with Gasteiger partial charge in [0.2, 0.25) is 0 Å². The van der Waals surface area contributed by atoms with E-state index in [-0.39, 0.29) is 30.4 Å². The fourth-order valence-electron chi connectivity index (χ4n) is 2.75. The zero-order chi connectivity index (χ0) is 16.4. The van der Waals surface area contributed by atoms with Crippen LogP contribution in [0.5, 0.6) is 5.75 Å². The molecule has 4 nitrogen and oxygen atoms in total. The third-order valence-electron chi connectivity index (χ3n) is 3.76. The van der Waals surface area contributed by atoms with E-state index in [1.165, 1.54) is 0 Å². The summed E-state index contributed by atoms with van der Waals surface area (Å²) in [6.45, 7) is 3.62. The van der Waals surface area contributed by atoms with Crippen LogP contribution in [-0.4, -0.2) is 18.0 Å². The van der Waals surface area contributed by atoms with Gasteiger partial charge in [-0.1, -0.05) is 30.3 Å². The number of benzene rings is 2. The van der Waals surface area contributed by atoms with Crippen molar-refractivity contribution in [3.63, 3.8) is 0 Å². The van der Waals surface area contributed by atoms with Crippen LogP contribution in [0.4, 0.5) is 0 Å². The van der Waals surface area contributed by atoms with Crippen molar-refractivity contribution in [1.82, 2.24) is 0 Å². The van der Waals surface area contributed by atoms with E-state index in [2.05, 4.69) is 0 Å². The standard InChI is InChI=1S/C19H18O4/c1-12(2)22-19(21)14-8-9-17-16(10-14)15(11-18(20)23-17)13-6-4-3-5-7-13/h3-10,12,15H,11H2,1-2H3/t15-/m0/s1. The Morgan fingerprint density at radius 3 is 2.61 bits per heavy atom. The van der Waals surface area contributed by atoms with Crippen LogP contribution in [-0.2, 0) is 9.53 Å². The summed E-state index contributed by atoms with van der Waals surface area (Å²) in [7, 11) is 0. The largest absolute Gasteiger partial charge is 0.459 e. The average Bonchev–Trinajstić information content (AvgIpc) is 2.53. The molecule has 2 aromatic carbocycles. The Hall–Kier alpha value is -2.62. The summed E-state index contributed by atoms with van der Waals surface area (Å²) in [6, 6.07) is 14.8. The van der Waals surface area contributed by atoms with Crippen LogP contribution in [0, 0.1) is 0 Å². The van der Waals surface area contributed by atoms with Gasteiger partial charge in [-0.2, -0.15) is 0 Å². The minimum Gasteiger partial charge on any atom is -0.459 e. The summed E-state index contributed by atoms with van der Waals surface area (Å²) in [5.74, 6) is -0.231. The molecular weight excluding hydrogens is 292 g/mol. The first-order valence-electron chi connectivity index (χ1n) is 7.65. The monoisotopic (exact) mass is 310 g/mol. The normalized spacial score (nSPS) is 16.7. The zero-order valence-electron chi connectivity index (χ0n) is 13.1. The number of rotatable bonds is 3. The van der Waals surface area contributed by atoms with E-state index in [1.807, 2.05) is 44.2 Å². The first-order valence-corrected chi connectivity index (χ1v) is 7.65. The van der Waals surface area contributed by atoms with Crippen molar-refractivity contribution in [2.45, 2.75) is 32.3 Å². The van der Waals surface area contributed by atoms with E-state index in [9.17, 15) is 9.59 Å². The van der Waals surface area contributed by atoms with E-state index in [0.717, 1.165) is 11.1 Å². The molecule has 0 aromatic heterocycles. The van der Waals surface area contributed by atoms with Crippen molar-refractivity contribution in [1.29, 1.82) is 0 Å². The Kier molecular flexibility index (Phi) is 4.15. The van der Waals surface area contributed by atoms with Gasteiger partial charge in [0.1, 0.15) is 5.75 Å². The SMILES string of the molecule is CC(C)OC(=O)c1ccc2c(c1)[C@H](c1ccccc1)CC(=O)O2. The molecule has 0 amide bonds. The molecule has 0 aliphatic carbocycles. The Bertz CT molecular complexity index is 734.